The maximum Gasteiger partial charge on any atom is 0.330 e. The van der Waals surface area contributed by atoms with Gasteiger partial charge in [0.25, 0.3) is 0 Å². The van der Waals surface area contributed by atoms with Gasteiger partial charge in [-0.3, -0.25) is 5.32 Å². The Balaban J connectivity index is 2.35. The molecule has 0 amide bonds. The van der Waals surface area contributed by atoms with Crippen molar-refractivity contribution in [1.82, 2.24) is 5.32 Å². The van der Waals surface area contributed by atoms with Crippen LogP contribution in [0.2, 0.25) is 0 Å². The number of nitrogens with one attached hydrogen (secondary N) is 1. The summed E-state index contributed by atoms with van der Waals surface area (Å²) in [6.07, 6.45) is 2.80. The fraction of sp³-hybridized carbons (Fsp3) is 0.533. The van der Waals surface area contributed by atoms with Crippen molar-refractivity contribution in [3.63, 3.8) is 0 Å². The Labute approximate surface area is 113 Å². The predicted molar refractivity (Wildman–Crippen MR) is 71.1 cm³/mol. The van der Waals surface area contributed by atoms with Gasteiger partial charge in [0.2, 0.25) is 0 Å². The second kappa shape index (κ2) is 5.70. The van der Waals surface area contributed by atoms with Crippen LogP contribution in [0.5, 0.6) is 0 Å². The van der Waals surface area contributed by atoms with Crippen molar-refractivity contribution < 1.29 is 13.9 Å². The van der Waals surface area contributed by atoms with Gasteiger partial charge in [-0.2, -0.15) is 0 Å². The minimum Gasteiger partial charge on any atom is -0.467 e. The Morgan fingerprint density at radius 2 is 2.16 bits per heavy atom. The molecule has 1 unspecified atom stereocenters. The second-order valence-electron chi connectivity index (χ2n) is 5.05. The van der Waals surface area contributed by atoms with Crippen molar-refractivity contribution in [2.75, 3.05) is 13.7 Å². The normalized spacial score (nSPS) is 17.8. The molecule has 1 atom stereocenters. The molecule has 0 saturated heterocycles. The van der Waals surface area contributed by atoms with Crippen LogP contribution in [0.1, 0.15) is 31.7 Å². The smallest absolute Gasteiger partial charge is 0.330 e. The summed E-state index contributed by atoms with van der Waals surface area (Å²) in [5.41, 5.74) is -0.715. The van der Waals surface area contributed by atoms with Gasteiger partial charge in [-0.25, -0.2) is 9.18 Å². The quantitative estimate of drug-likeness (QED) is 0.803. The first kappa shape index (κ1) is 14.0. The molecule has 2 rings (SSSR count). The molecule has 1 aliphatic carbocycles. The van der Waals surface area contributed by atoms with Crippen molar-refractivity contribution >= 4 is 5.97 Å². The summed E-state index contributed by atoms with van der Waals surface area (Å²) in [6, 6.07) is 6.39. The molecule has 0 aromatic heterocycles. The van der Waals surface area contributed by atoms with Crippen LogP contribution in [-0.4, -0.2) is 19.6 Å². The average Bonchev–Trinajstić information content (AvgIpc) is 3.25. The maximum absolute atomic E-state index is 14.1. The molecule has 1 N–H and O–H groups in total. The van der Waals surface area contributed by atoms with Gasteiger partial charge in [0.15, 0.2) is 0 Å². The van der Waals surface area contributed by atoms with Gasteiger partial charge in [0.05, 0.1) is 7.11 Å². The number of carbonyl (C=O) groups excluding carboxylic acids is 1. The lowest BCUT2D eigenvalue weighted by Crippen LogP contribution is -2.50. The van der Waals surface area contributed by atoms with E-state index < -0.39 is 11.5 Å². The van der Waals surface area contributed by atoms with Crippen molar-refractivity contribution in [3.8, 4) is 0 Å². The van der Waals surface area contributed by atoms with E-state index in [0.717, 1.165) is 6.54 Å². The van der Waals surface area contributed by atoms with Crippen LogP contribution < -0.4 is 5.32 Å². The lowest BCUT2D eigenvalue weighted by molar-refractivity contribution is -0.149. The Hall–Kier alpha value is -1.42. The summed E-state index contributed by atoms with van der Waals surface area (Å²) in [5.74, 6) is -0.207. The van der Waals surface area contributed by atoms with Gasteiger partial charge in [0.1, 0.15) is 11.4 Å². The summed E-state index contributed by atoms with van der Waals surface area (Å²) >= 11 is 0. The standard InChI is InChI=1S/C15H20FNO2/c1-3-15(14(18)19-2,17-10-11-8-9-11)12-6-4-5-7-13(12)16/h4-7,11,17H,3,8-10H2,1-2H3. The molecule has 1 aromatic carbocycles. The van der Waals surface area contributed by atoms with E-state index in [9.17, 15) is 9.18 Å². The van der Waals surface area contributed by atoms with Crippen molar-refractivity contribution in [1.29, 1.82) is 0 Å². The van der Waals surface area contributed by atoms with Crippen LogP contribution in [0.25, 0.3) is 0 Å². The zero-order valence-corrected chi connectivity index (χ0v) is 11.4. The zero-order chi connectivity index (χ0) is 13.9. The Bertz CT molecular complexity index is 459. The number of methoxy groups -OCH3 is 1. The topological polar surface area (TPSA) is 38.3 Å². The Morgan fingerprint density at radius 1 is 1.47 bits per heavy atom. The third kappa shape index (κ3) is 2.78. The van der Waals surface area contributed by atoms with E-state index in [4.69, 9.17) is 4.74 Å². The molecule has 1 aromatic rings. The number of esters is 1. The molecule has 0 heterocycles. The number of ether oxygens (including phenoxy) is 1. The van der Waals surface area contributed by atoms with Crippen LogP contribution in [0.15, 0.2) is 24.3 Å². The van der Waals surface area contributed by atoms with E-state index in [-0.39, 0.29) is 5.82 Å². The lowest BCUT2D eigenvalue weighted by atomic mass is 9.86. The number of benzene rings is 1. The SMILES string of the molecule is CCC(NCC1CC1)(C(=O)OC)c1ccccc1F. The average molecular weight is 265 g/mol. The number of rotatable bonds is 6. The number of hydrogen-bond donors (Lipinski definition) is 1. The largest absolute Gasteiger partial charge is 0.467 e. The summed E-state index contributed by atoms with van der Waals surface area (Å²) in [6.45, 7) is 2.58. The molecule has 0 spiro atoms. The van der Waals surface area contributed by atoms with Gasteiger partial charge in [-0.15, -0.1) is 0 Å². The van der Waals surface area contributed by atoms with Crippen LogP contribution in [0.3, 0.4) is 0 Å². The molecule has 0 radical (unpaired) electrons. The van der Waals surface area contributed by atoms with Gasteiger partial charge in [-0.1, -0.05) is 25.1 Å². The van der Waals surface area contributed by atoms with Crippen LogP contribution in [-0.2, 0) is 15.1 Å². The first-order chi connectivity index (χ1) is 9.14. The van der Waals surface area contributed by atoms with Gasteiger partial charge in [-0.05, 0) is 37.8 Å². The minimum atomic E-state index is -1.08. The highest BCUT2D eigenvalue weighted by Crippen LogP contribution is 2.33. The highest BCUT2D eigenvalue weighted by atomic mass is 19.1. The Kier molecular flexibility index (Phi) is 4.20. The number of carbonyl (C=O) groups is 1. The molecule has 1 saturated carbocycles. The second-order valence-corrected chi connectivity index (χ2v) is 5.05. The lowest BCUT2D eigenvalue weighted by Gasteiger charge is -2.32. The van der Waals surface area contributed by atoms with Gasteiger partial charge in [0, 0.05) is 5.56 Å². The molecule has 3 nitrogen and oxygen atoms in total. The fourth-order valence-electron chi connectivity index (χ4n) is 2.36. The third-order valence-electron chi connectivity index (χ3n) is 3.79. The molecular formula is C15H20FNO2. The van der Waals surface area contributed by atoms with E-state index in [1.807, 2.05) is 6.92 Å². The van der Waals surface area contributed by atoms with E-state index in [1.165, 1.54) is 26.0 Å². The number of hydrogen-bond acceptors (Lipinski definition) is 3. The fourth-order valence-corrected chi connectivity index (χ4v) is 2.36. The molecular weight excluding hydrogens is 245 g/mol. The molecule has 0 bridgehead atoms. The summed E-state index contributed by atoms with van der Waals surface area (Å²) < 4.78 is 19.0. The van der Waals surface area contributed by atoms with E-state index >= 15 is 0 Å². The molecule has 104 valence electrons. The highest BCUT2D eigenvalue weighted by Gasteiger charge is 2.42. The van der Waals surface area contributed by atoms with Crippen LogP contribution >= 0.6 is 0 Å². The molecule has 1 fully saturated rings. The maximum atomic E-state index is 14.1. The van der Waals surface area contributed by atoms with Crippen molar-refractivity contribution in [2.45, 2.75) is 31.7 Å². The molecule has 19 heavy (non-hydrogen) atoms. The summed E-state index contributed by atoms with van der Waals surface area (Å²) in [5, 5.41) is 3.24. The van der Waals surface area contributed by atoms with E-state index in [2.05, 4.69) is 5.32 Å². The third-order valence-corrected chi connectivity index (χ3v) is 3.79. The summed E-state index contributed by atoms with van der Waals surface area (Å²) in [7, 11) is 1.34. The number of halogens is 1. The van der Waals surface area contributed by atoms with Crippen molar-refractivity contribution in [2.24, 2.45) is 5.92 Å². The van der Waals surface area contributed by atoms with Crippen LogP contribution in [0.4, 0.5) is 4.39 Å². The van der Waals surface area contributed by atoms with E-state index in [0.29, 0.717) is 17.9 Å². The zero-order valence-electron chi connectivity index (χ0n) is 11.4. The Morgan fingerprint density at radius 3 is 2.68 bits per heavy atom. The molecule has 1 aliphatic rings. The predicted octanol–water partition coefficient (Wildman–Crippen LogP) is 2.60. The molecule has 0 aliphatic heterocycles. The highest BCUT2D eigenvalue weighted by molar-refractivity contribution is 5.82. The molecule has 4 heteroatoms. The van der Waals surface area contributed by atoms with Crippen LogP contribution in [0, 0.1) is 11.7 Å². The first-order valence-electron chi connectivity index (χ1n) is 6.72. The summed E-state index contributed by atoms with van der Waals surface area (Å²) in [4.78, 5) is 12.2. The monoisotopic (exact) mass is 265 g/mol. The first-order valence-corrected chi connectivity index (χ1v) is 6.72. The van der Waals surface area contributed by atoms with E-state index in [1.54, 1.807) is 18.2 Å². The van der Waals surface area contributed by atoms with Gasteiger partial charge < -0.3 is 4.74 Å². The van der Waals surface area contributed by atoms with Crippen molar-refractivity contribution in [3.05, 3.63) is 35.6 Å². The minimum absolute atomic E-state index is 0.366. The van der Waals surface area contributed by atoms with Gasteiger partial charge >= 0.3 is 5.97 Å².